The van der Waals surface area contributed by atoms with E-state index in [2.05, 4.69) is 4.98 Å². The van der Waals surface area contributed by atoms with Crippen LogP contribution in [0.25, 0.3) is 0 Å². The first kappa shape index (κ1) is 13.5. The quantitative estimate of drug-likeness (QED) is 0.770. The second-order valence-corrected chi connectivity index (χ2v) is 6.86. The third kappa shape index (κ3) is 2.34. The van der Waals surface area contributed by atoms with Gasteiger partial charge in [-0.15, -0.1) is 11.3 Å². The summed E-state index contributed by atoms with van der Waals surface area (Å²) >= 11 is 1.52. The van der Waals surface area contributed by atoms with Gasteiger partial charge in [0, 0.05) is 6.20 Å². The molecule has 0 aliphatic carbocycles. The van der Waals surface area contributed by atoms with Crippen LogP contribution in [0.5, 0.6) is 0 Å². The molecule has 104 valence electrons. The molecule has 0 radical (unpaired) electrons. The SMILES string of the molecule is CC1(C)OB(c2cnc(C3OCCO3)s2)OC1(C)C. The summed E-state index contributed by atoms with van der Waals surface area (Å²) in [5.41, 5.74) is -0.662. The maximum atomic E-state index is 5.99. The van der Waals surface area contributed by atoms with Gasteiger partial charge in [0.15, 0.2) is 0 Å². The topological polar surface area (TPSA) is 49.8 Å². The van der Waals surface area contributed by atoms with Crippen molar-refractivity contribution in [3.05, 3.63) is 11.2 Å². The van der Waals surface area contributed by atoms with Gasteiger partial charge in [0.05, 0.1) is 29.2 Å². The smallest absolute Gasteiger partial charge is 0.399 e. The molecule has 3 rings (SSSR count). The number of rotatable bonds is 2. The first-order valence-electron chi connectivity index (χ1n) is 6.43. The zero-order chi connectivity index (χ0) is 13.7. The van der Waals surface area contributed by atoms with E-state index < -0.39 is 0 Å². The summed E-state index contributed by atoms with van der Waals surface area (Å²) in [4.78, 5) is 4.35. The van der Waals surface area contributed by atoms with E-state index in [1.807, 2.05) is 27.7 Å². The van der Waals surface area contributed by atoms with Crippen LogP contribution in [0.1, 0.15) is 39.0 Å². The van der Waals surface area contributed by atoms with Gasteiger partial charge in [0.25, 0.3) is 0 Å². The molecule has 0 aromatic carbocycles. The minimum Gasteiger partial charge on any atom is -0.399 e. The van der Waals surface area contributed by atoms with Crippen molar-refractivity contribution < 1.29 is 18.8 Å². The number of nitrogens with zero attached hydrogens (tertiary/aromatic N) is 1. The molecule has 0 unspecified atom stereocenters. The van der Waals surface area contributed by atoms with Crippen molar-refractivity contribution in [3.63, 3.8) is 0 Å². The summed E-state index contributed by atoms with van der Waals surface area (Å²) in [6, 6.07) is 0. The lowest BCUT2D eigenvalue weighted by atomic mass is 9.89. The highest BCUT2D eigenvalue weighted by Crippen LogP contribution is 2.37. The molecule has 0 saturated carbocycles. The van der Waals surface area contributed by atoms with Crippen molar-refractivity contribution in [1.82, 2.24) is 4.98 Å². The molecule has 0 N–H and O–H groups in total. The Hall–Kier alpha value is -0.465. The van der Waals surface area contributed by atoms with Crippen LogP contribution in [-0.4, -0.2) is 36.5 Å². The molecule has 0 atom stereocenters. The lowest BCUT2D eigenvalue weighted by molar-refractivity contribution is -0.0442. The molecule has 2 aliphatic rings. The molecule has 1 aromatic heterocycles. The van der Waals surface area contributed by atoms with Crippen LogP contribution in [0.4, 0.5) is 0 Å². The standard InChI is InChI=1S/C12H18BNO4S/c1-11(2)12(3,4)18-13(17-11)8-7-14-9(19-8)10-15-5-6-16-10/h7,10H,5-6H2,1-4H3. The Labute approximate surface area is 117 Å². The van der Waals surface area contributed by atoms with Crippen LogP contribution < -0.4 is 4.78 Å². The molecule has 0 spiro atoms. The molecule has 0 bridgehead atoms. The predicted octanol–water partition coefficient (Wildman–Crippen LogP) is 1.49. The average molecular weight is 283 g/mol. The molecule has 2 fully saturated rings. The second kappa shape index (κ2) is 4.53. The fourth-order valence-electron chi connectivity index (χ4n) is 1.98. The van der Waals surface area contributed by atoms with Gasteiger partial charge in [-0.05, 0) is 27.7 Å². The zero-order valence-corrected chi connectivity index (χ0v) is 12.5. The Kier molecular flexibility index (Phi) is 3.22. The van der Waals surface area contributed by atoms with Gasteiger partial charge in [-0.2, -0.15) is 0 Å². The first-order valence-corrected chi connectivity index (χ1v) is 7.25. The third-order valence-corrected chi connectivity index (χ3v) is 4.89. The highest BCUT2D eigenvalue weighted by molar-refractivity contribution is 7.22. The van der Waals surface area contributed by atoms with Crippen LogP contribution in [0, 0.1) is 0 Å². The average Bonchev–Trinajstić information content (AvgIpc) is 3.00. The van der Waals surface area contributed by atoms with Gasteiger partial charge in [0.1, 0.15) is 5.01 Å². The molecule has 19 heavy (non-hydrogen) atoms. The normalized spacial score (nSPS) is 26.2. The fourth-order valence-corrected chi connectivity index (χ4v) is 2.86. The largest absolute Gasteiger partial charge is 0.507 e. The van der Waals surface area contributed by atoms with E-state index in [1.165, 1.54) is 11.3 Å². The minimum absolute atomic E-state index is 0.331. The Bertz CT molecular complexity index is 454. The van der Waals surface area contributed by atoms with Crippen molar-refractivity contribution in [2.24, 2.45) is 0 Å². The molecule has 2 aliphatic heterocycles. The maximum absolute atomic E-state index is 5.99. The lowest BCUT2D eigenvalue weighted by Gasteiger charge is -2.32. The van der Waals surface area contributed by atoms with Crippen molar-refractivity contribution in [2.75, 3.05) is 13.2 Å². The van der Waals surface area contributed by atoms with Crippen molar-refractivity contribution >= 4 is 23.2 Å². The molecule has 7 heteroatoms. The number of aromatic nitrogens is 1. The van der Waals surface area contributed by atoms with E-state index in [0.717, 1.165) is 9.78 Å². The summed E-state index contributed by atoms with van der Waals surface area (Å²) in [6.07, 6.45) is 1.45. The molecular formula is C12H18BNO4S. The van der Waals surface area contributed by atoms with Crippen molar-refractivity contribution in [1.29, 1.82) is 0 Å². The summed E-state index contributed by atoms with van der Waals surface area (Å²) in [5.74, 6) is 0. The third-order valence-electron chi connectivity index (χ3n) is 3.85. The molecule has 1 aromatic rings. The highest BCUT2D eigenvalue weighted by atomic mass is 32.1. The second-order valence-electron chi connectivity index (χ2n) is 5.76. The van der Waals surface area contributed by atoms with Crippen molar-refractivity contribution in [3.8, 4) is 0 Å². The van der Waals surface area contributed by atoms with E-state index in [4.69, 9.17) is 18.8 Å². The monoisotopic (exact) mass is 283 g/mol. The number of thiazole rings is 1. The predicted molar refractivity (Wildman–Crippen MR) is 72.5 cm³/mol. The van der Waals surface area contributed by atoms with Crippen LogP contribution in [0.15, 0.2) is 6.20 Å². The lowest BCUT2D eigenvalue weighted by Crippen LogP contribution is -2.41. The Morgan fingerprint density at radius 2 is 1.74 bits per heavy atom. The zero-order valence-electron chi connectivity index (χ0n) is 11.6. The summed E-state index contributed by atoms with van der Waals surface area (Å²) in [6.45, 7) is 9.40. The van der Waals surface area contributed by atoms with Crippen LogP contribution in [0.3, 0.4) is 0 Å². The van der Waals surface area contributed by atoms with Gasteiger partial charge < -0.3 is 18.8 Å². The number of hydrogen-bond donors (Lipinski definition) is 0. The van der Waals surface area contributed by atoms with Gasteiger partial charge in [-0.1, -0.05) is 0 Å². The van der Waals surface area contributed by atoms with Crippen LogP contribution in [0.2, 0.25) is 0 Å². The van der Waals surface area contributed by atoms with E-state index in [-0.39, 0.29) is 24.6 Å². The molecule has 5 nitrogen and oxygen atoms in total. The first-order chi connectivity index (χ1) is 8.89. The summed E-state index contributed by atoms with van der Waals surface area (Å²) in [7, 11) is -0.363. The Balaban J connectivity index is 1.77. The molecule has 2 saturated heterocycles. The maximum Gasteiger partial charge on any atom is 0.507 e. The van der Waals surface area contributed by atoms with Crippen LogP contribution in [-0.2, 0) is 18.8 Å². The van der Waals surface area contributed by atoms with Crippen molar-refractivity contribution in [2.45, 2.75) is 45.2 Å². The van der Waals surface area contributed by atoms with Gasteiger partial charge in [0.2, 0.25) is 6.29 Å². The van der Waals surface area contributed by atoms with Gasteiger partial charge in [-0.25, -0.2) is 4.98 Å². The number of hydrogen-bond acceptors (Lipinski definition) is 6. The highest BCUT2D eigenvalue weighted by Gasteiger charge is 2.52. The van der Waals surface area contributed by atoms with Gasteiger partial charge in [-0.3, -0.25) is 0 Å². The summed E-state index contributed by atoms with van der Waals surface area (Å²) in [5, 5.41) is 0.821. The molecule has 3 heterocycles. The molecule has 0 amide bonds. The Morgan fingerprint density at radius 1 is 1.16 bits per heavy atom. The summed E-state index contributed by atoms with van der Waals surface area (Å²) < 4.78 is 23.8. The van der Waals surface area contributed by atoms with Gasteiger partial charge >= 0.3 is 7.12 Å². The minimum atomic E-state index is -0.363. The van der Waals surface area contributed by atoms with E-state index >= 15 is 0 Å². The Morgan fingerprint density at radius 3 is 2.32 bits per heavy atom. The fraction of sp³-hybridized carbons (Fsp3) is 0.750. The molecular weight excluding hydrogens is 265 g/mol. The van der Waals surface area contributed by atoms with E-state index in [9.17, 15) is 0 Å². The number of ether oxygens (including phenoxy) is 2. The van der Waals surface area contributed by atoms with E-state index in [1.54, 1.807) is 6.20 Å². The van der Waals surface area contributed by atoms with Crippen LogP contribution >= 0.6 is 11.3 Å². The van der Waals surface area contributed by atoms with E-state index in [0.29, 0.717) is 13.2 Å².